The van der Waals surface area contributed by atoms with E-state index in [0.717, 1.165) is 36.1 Å². The molecule has 0 radical (unpaired) electrons. The van der Waals surface area contributed by atoms with Crippen LogP contribution in [0.25, 0.3) is 11.0 Å². The fraction of sp³-hybridized carbons (Fsp3) is 0.318. The number of hydrogen-bond donors (Lipinski definition) is 2. The molecule has 3 aromatic rings. The van der Waals surface area contributed by atoms with Crippen molar-refractivity contribution in [2.45, 2.75) is 32.2 Å². The van der Waals surface area contributed by atoms with Gasteiger partial charge in [-0.05, 0) is 36.8 Å². The number of H-pyrrole nitrogens is 1. The van der Waals surface area contributed by atoms with E-state index in [4.69, 9.17) is 0 Å². The highest BCUT2D eigenvalue weighted by atomic mass is 32.2. The van der Waals surface area contributed by atoms with Gasteiger partial charge in [0.15, 0.2) is 0 Å². The Bertz CT molecular complexity index is 1020. The van der Waals surface area contributed by atoms with Crippen LogP contribution >= 0.6 is 11.8 Å². The first-order chi connectivity index (χ1) is 14.2. The highest BCUT2D eigenvalue weighted by molar-refractivity contribution is 7.99. The molecular formula is C22H24N4O2S. The predicted octanol–water partition coefficient (Wildman–Crippen LogP) is 4.06. The average Bonchev–Trinajstić information content (AvgIpc) is 3.39. The molecule has 1 saturated heterocycles. The van der Waals surface area contributed by atoms with E-state index in [0.29, 0.717) is 22.9 Å². The van der Waals surface area contributed by atoms with Crippen molar-refractivity contribution in [3.8, 4) is 0 Å². The Morgan fingerprint density at radius 1 is 1.24 bits per heavy atom. The fourth-order valence-electron chi connectivity index (χ4n) is 3.43. The molecule has 150 valence electrons. The molecule has 0 aliphatic carbocycles. The van der Waals surface area contributed by atoms with Crippen LogP contribution in [0.5, 0.6) is 0 Å². The molecule has 1 fully saturated rings. The molecule has 0 saturated carbocycles. The zero-order valence-electron chi connectivity index (χ0n) is 16.4. The van der Waals surface area contributed by atoms with Gasteiger partial charge in [0.05, 0.1) is 16.9 Å². The van der Waals surface area contributed by atoms with Crippen LogP contribution in [0.1, 0.15) is 35.9 Å². The summed E-state index contributed by atoms with van der Waals surface area (Å²) >= 11 is 1.59. The summed E-state index contributed by atoms with van der Waals surface area (Å²) in [6.07, 6.45) is 3.13. The molecule has 4 rings (SSSR count). The van der Waals surface area contributed by atoms with Gasteiger partial charge >= 0.3 is 0 Å². The minimum atomic E-state index is -0.481. The number of carbonyl (C=O) groups is 2. The number of carbonyl (C=O) groups excluding carboxylic acids is 2. The first-order valence-corrected chi connectivity index (χ1v) is 11.0. The lowest BCUT2D eigenvalue weighted by atomic mass is 10.1. The van der Waals surface area contributed by atoms with E-state index in [1.807, 2.05) is 36.4 Å². The number of nitrogens with one attached hydrogen (secondary N) is 2. The second-order valence-corrected chi connectivity index (χ2v) is 8.16. The third-order valence-electron chi connectivity index (χ3n) is 5.03. The zero-order chi connectivity index (χ0) is 20.2. The number of thioether (sulfide) groups is 1. The molecule has 7 heteroatoms. The fourth-order valence-corrected chi connectivity index (χ4v) is 4.59. The maximum Gasteiger partial charge on any atom is 0.255 e. The number of benzene rings is 2. The van der Waals surface area contributed by atoms with Crippen molar-refractivity contribution in [1.29, 1.82) is 0 Å². The Morgan fingerprint density at radius 2 is 2.07 bits per heavy atom. The molecule has 1 aliphatic heterocycles. The summed E-state index contributed by atoms with van der Waals surface area (Å²) in [6, 6.07) is 14.3. The lowest BCUT2D eigenvalue weighted by Gasteiger charge is -2.23. The Hall–Kier alpha value is -2.80. The molecule has 6 nitrogen and oxygen atoms in total. The summed E-state index contributed by atoms with van der Waals surface area (Å²) in [7, 11) is 0. The number of nitrogens with zero attached hydrogens (tertiary/aromatic N) is 2. The van der Waals surface area contributed by atoms with Crippen LogP contribution in [0.2, 0.25) is 0 Å². The molecule has 29 heavy (non-hydrogen) atoms. The van der Waals surface area contributed by atoms with Gasteiger partial charge < -0.3 is 15.2 Å². The molecule has 1 aliphatic rings. The van der Waals surface area contributed by atoms with Gasteiger partial charge in [0, 0.05) is 23.4 Å². The van der Waals surface area contributed by atoms with E-state index in [2.05, 4.69) is 22.2 Å². The van der Waals surface area contributed by atoms with Gasteiger partial charge in [-0.2, -0.15) is 0 Å². The van der Waals surface area contributed by atoms with Crippen LogP contribution in [-0.4, -0.2) is 44.4 Å². The Morgan fingerprint density at radius 3 is 2.86 bits per heavy atom. The van der Waals surface area contributed by atoms with Crippen molar-refractivity contribution in [2.75, 3.05) is 16.9 Å². The van der Waals surface area contributed by atoms with E-state index in [1.54, 1.807) is 28.8 Å². The summed E-state index contributed by atoms with van der Waals surface area (Å²) in [5.74, 6) is 1.81. The number of aromatic amines is 1. The van der Waals surface area contributed by atoms with Gasteiger partial charge in [-0.1, -0.05) is 31.5 Å². The highest BCUT2D eigenvalue weighted by Crippen LogP contribution is 2.25. The highest BCUT2D eigenvalue weighted by Gasteiger charge is 2.35. The Balaban J connectivity index is 1.47. The molecule has 0 unspecified atom stereocenters. The van der Waals surface area contributed by atoms with Crippen LogP contribution < -0.4 is 5.32 Å². The molecule has 2 N–H and O–H groups in total. The van der Waals surface area contributed by atoms with Crippen LogP contribution in [-0.2, 0) is 11.2 Å². The SMILES string of the molecule is CCCCc1nc2ccc(NC(=O)[C@@H]3CSCN3C(=O)c3ccccc3)cc2[nH]1. The molecule has 1 atom stereocenters. The third kappa shape index (κ3) is 4.29. The number of amides is 2. The van der Waals surface area contributed by atoms with Gasteiger partial charge in [0.1, 0.15) is 11.9 Å². The summed E-state index contributed by atoms with van der Waals surface area (Å²) in [5.41, 5.74) is 3.11. The van der Waals surface area contributed by atoms with Crippen molar-refractivity contribution in [1.82, 2.24) is 14.9 Å². The van der Waals surface area contributed by atoms with E-state index >= 15 is 0 Å². The first kappa shape index (κ1) is 19.5. The van der Waals surface area contributed by atoms with Crippen LogP contribution in [0, 0.1) is 0 Å². The van der Waals surface area contributed by atoms with Crippen molar-refractivity contribution in [2.24, 2.45) is 0 Å². The lowest BCUT2D eigenvalue weighted by Crippen LogP contribution is -2.44. The van der Waals surface area contributed by atoms with Crippen molar-refractivity contribution < 1.29 is 9.59 Å². The van der Waals surface area contributed by atoms with Crippen molar-refractivity contribution >= 4 is 40.3 Å². The molecule has 2 heterocycles. The topological polar surface area (TPSA) is 78.1 Å². The quantitative estimate of drug-likeness (QED) is 0.645. The number of anilines is 1. The molecule has 2 amide bonds. The van der Waals surface area contributed by atoms with E-state index < -0.39 is 6.04 Å². The van der Waals surface area contributed by atoms with E-state index in [1.165, 1.54) is 0 Å². The lowest BCUT2D eigenvalue weighted by molar-refractivity contribution is -0.119. The number of aryl methyl sites for hydroxylation is 1. The molecule has 1 aromatic heterocycles. The Labute approximate surface area is 174 Å². The predicted molar refractivity (Wildman–Crippen MR) is 117 cm³/mol. The monoisotopic (exact) mass is 408 g/mol. The normalized spacial score (nSPS) is 16.3. The average molecular weight is 409 g/mol. The molecule has 2 aromatic carbocycles. The standard InChI is InChI=1S/C22H24N4O2S/c1-2-3-9-20-24-17-11-10-16(12-18(17)25-20)23-21(27)19-13-29-14-26(19)22(28)15-7-5-4-6-8-15/h4-8,10-12,19H,2-3,9,13-14H2,1H3,(H,23,27)(H,24,25)/t19-/m0/s1. The maximum absolute atomic E-state index is 12.9. The maximum atomic E-state index is 12.9. The smallest absolute Gasteiger partial charge is 0.255 e. The van der Waals surface area contributed by atoms with Gasteiger partial charge in [-0.25, -0.2) is 4.98 Å². The van der Waals surface area contributed by atoms with Gasteiger partial charge in [-0.3, -0.25) is 9.59 Å². The number of fused-ring (bicyclic) bond motifs is 1. The molecule has 0 spiro atoms. The van der Waals surface area contributed by atoms with Gasteiger partial charge in [0.2, 0.25) is 5.91 Å². The van der Waals surface area contributed by atoms with Gasteiger partial charge in [-0.15, -0.1) is 11.8 Å². The van der Waals surface area contributed by atoms with E-state index in [9.17, 15) is 9.59 Å². The van der Waals surface area contributed by atoms with Crippen molar-refractivity contribution in [3.63, 3.8) is 0 Å². The number of rotatable bonds is 6. The largest absolute Gasteiger partial charge is 0.342 e. The number of aromatic nitrogens is 2. The van der Waals surface area contributed by atoms with Crippen LogP contribution in [0.3, 0.4) is 0 Å². The van der Waals surface area contributed by atoms with Gasteiger partial charge in [0.25, 0.3) is 5.91 Å². The summed E-state index contributed by atoms with van der Waals surface area (Å²) in [4.78, 5) is 35.3. The minimum absolute atomic E-state index is 0.111. The van der Waals surface area contributed by atoms with Crippen LogP contribution in [0.15, 0.2) is 48.5 Å². The number of imidazole rings is 1. The summed E-state index contributed by atoms with van der Waals surface area (Å²) in [5, 5.41) is 2.97. The first-order valence-electron chi connectivity index (χ1n) is 9.89. The van der Waals surface area contributed by atoms with Crippen molar-refractivity contribution in [3.05, 3.63) is 59.9 Å². The van der Waals surface area contributed by atoms with Crippen LogP contribution in [0.4, 0.5) is 5.69 Å². The second kappa shape index (κ2) is 8.69. The minimum Gasteiger partial charge on any atom is -0.342 e. The number of unbranched alkanes of at least 4 members (excludes halogenated alkanes) is 1. The second-order valence-electron chi connectivity index (χ2n) is 7.16. The molecular weight excluding hydrogens is 384 g/mol. The zero-order valence-corrected chi connectivity index (χ0v) is 17.2. The number of hydrogen-bond acceptors (Lipinski definition) is 4. The Kier molecular flexibility index (Phi) is 5.85. The van der Waals surface area contributed by atoms with E-state index in [-0.39, 0.29) is 11.8 Å². The summed E-state index contributed by atoms with van der Waals surface area (Å²) in [6.45, 7) is 2.16. The molecule has 0 bridgehead atoms. The third-order valence-corrected chi connectivity index (χ3v) is 6.04. The summed E-state index contributed by atoms with van der Waals surface area (Å²) < 4.78 is 0.